The zero-order chi connectivity index (χ0) is 11.8. The molecule has 3 heteroatoms. The lowest BCUT2D eigenvalue weighted by Crippen LogP contribution is -2.16. The predicted molar refractivity (Wildman–Crippen MR) is 72.4 cm³/mol. The van der Waals surface area contributed by atoms with Crippen LogP contribution in [0, 0.1) is 0 Å². The number of benzene rings is 1. The maximum Gasteiger partial charge on any atom is 0.124 e. The van der Waals surface area contributed by atoms with Crippen LogP contribution in [0.4, 0.5) is 0 Å². The van der Waals surface area contributed by atoms with Crippen molar-refractivity contribution < 1.29 is 4.74 Å². The highest BCUT2D eigenvalue weighted by Crippen LogP contribution is 2.26. The van der Waals surface area contributed by atoms with Crippen molar-refractivity contribution in [2.45, 2.75) is 19.4 Å². The van der Waals surface area contributed by atoms with Gasteiger partial charge in [0.05, 0.1) is 6.61 Å². The summed E-state index contributed by atoms with van der Waals surface area (Å²) in [6.45, 7) is 2.96. The fourth-order valence-corrected chi connectivity index (χ4v) is 1.96. The smallest absolute Gasteiger partial charge is 0.124 e. The van der Waals surface area contributed by atoms with Crippen molar-refractivity contribution in [2.75, 3.05) is 25.7 Å². The number of ether oxygens (including phenoxy) is 1. The lowest BCUT2D eigenvalue weighted by atomic mass is 10.0. The summed E-state index contributed by atoms with van der Waals surface area (Å²) >= 11 is 1.81. The van der Waals surface area contributed by atoms with E-state index in [1.165, 1.54) is 5.56 Å². The molecule has 0 spiro atoms. The van der Waals surface area contributed by atoms with Gasteiger partial charge in [0, 0.05) is 17.4 Å². The second-order valence-electron chi connectivity index (χ2n) is 3.63. The Morgan fingerprint density at radius 2 is 2.12 bits per heavy atom. The van der Waals surface area contributed by atoms with Crippen LogP contribution in [0.1, 0.15) is 24.9 Å². The Labute approximate surface area is 103 Å². The second-order valence-corrected chi connectivity index (χ2v) is 4.61. The summed E-state index contributed by atoms with van der Waals surface area (Å²) in [7, 11) is 1.99. The van der Waals surface area contributed by atoms with Crippen molar-refractivity contribution in [3.05, 3.63) is 29.8 Å². The first kappa shape index (κ1) is 13.4. The molecule has 0 heterocycles. The van der Waals surface area contributed by atoms with Crippen LogP contribution in [0.15, 0.2) is 24.3 Å². The topological polar surface area (TPSA) is 21.3 Å². The van der Waals surface area contributed by atoms with Crippen molar-refractivity contribution in [1.29, 1.82) is 0 Å². The van der Waals surface area contributed by atoms with E-state index in [9.17, 15) is 0 Å². The molecule has 1 unspecified atom stereocenters. The van der Waals surface area contributed by atoms with Crippen molar-refractivity contribution in [2.24, 2.45) is 0 Å². The molecule has 0 saturated carbocycles. The molecule has 1 N–H and O–H groups in total. The molecular formula is C13H21NOS. The van der Waals surface area contributed by atoms with Gasteiger partial charge in [-0.15, -0.1) is 0 Å². The molecule has 2 nitrogen and oxygen atoms in total. The molecule has 0 bridgehead atoms. The van der Waals surface area contributed by atoms with Gasteiger partial charge < -0.3 is 10.1 Å². The minimum Gasteiger partial charge on any atom is -0.492 e. The molecule has 1 aromatic carbocycles. The molecule has 1 aromatic rings. The molecule has 0 aromatic heterocycles. The van der Waals surface area contributed by atoms with E-state index in [-0.39, 0.29) is 0 Å². The first-order valence-electron chi connectivity index (χ1n) is 5.71. The average molecular weight is 239 g/mol. The molecule has 16 heavy (non-hydrogen) atoms. The standard InChI is InChI=1S/C13H21NOS/c1-4-12(14-2)11-7-5-6-8-13(11)15-9-10-16-3/h5-8,12,14H,4,9-10H2,1-3H3. The van der Waals surface area contributed by atoms with Crippen LogP contribution in [-0.2, 0) is 0 Å². The second kappa shape index (κ2) is 7.58. The molecule has 1 atom stereocenters. The number of para-hydroxylation sites is 1. The van der Waals surface area contributed by atoms with Gasteiger partial charge in [-0.2, -0.15) is 11.8 Å². The fourth-order valence-electron chi connectivity index (χ4n) is 1.71. The van der Waals surface area contributed by atoms with Crippen LogP contribution in [0.2, 0.25) is 0 Å². The van der Waals surface area contributed by atoms with E-state index in [4.69, 9.17) is 4.74 Å². The van der Waals surface area contributed by atoms with E-state index >= 15 is 0 Å². The van der Waals surface area contributed by atoms with Gasteiger partial charge in [0.2, 0.25) is 0 Å². The summed E-state index contributed by atoms with van der Waals surface area (Å²) in [6, 6.07) is 8.66. The molecule has 0 fully saturated rings. The predicted octanol–water partition coefficient (Wildman–Crippen LogP) is 3.10. The first-order chi connectivity index (χ1) is 7.83. The normalized spacial score (nSPS) is 12.4. The van der Waals surface area contributed by atoms with E-state index in [1.54, 1.807) is 11.8 Å². The zero-order valence-electron chi connectivity index (χ0n) is 10.3. The molecule has 0 aliphatic rings. The minimum atomic E-state index is 0.380. The summed E-state index contributed by atoms with van der Waals surface area (Å²) < 4.78 is 5.80. The molecule has 90 valence electrons. The van der Waals surface area contributed by atoms with Gasteiger partial charge in [0.1, 0.15) is 5.75 Å². The summed E-state index contributed by atoms with van der Waals surface area (Å²) in [5, 5.41) is 3.31. The highest BCUT2D eigenvalue weighted by molar-refractivity contribution is 7.98. The largest absolute Gasteiger partial charge is 0.492 e. The number of nitrogens with one attached hydrogen (secondary N) is 1. The van der Waals surface area contributed by atoms with Crippen molar-refractivity contribution in [3.8, 4) is 5.75 Å². The lowest BCUT2D eigenvalue weighted by Gasteiger charge is -2.18. The Balaban J connectivity index is 2.74. The third-order valence-corrected chi connectivity index (χ3v) is 3.17. The van der Waals surface area contributed by atoms with Crippen LogP contribution in [-0.4, -0.2) is 25.7 Å². The average Bonchev–Trinajstić information content (AvgIpc) is 2.33. The Kier molecular flexibility index (Phi) is 6.34. The number of rotatable bonds is 7. The van der Waals surface area contributed by atoms with E-state index in [0.717, 1.165) is 24.5 Å². The highest BCUT2D eigenvalue weighted by atomic mass is 32.2. The van der Waals surface area contributed by atoms with E-state index in [2.05, 4.69) is 36.7 Å². The van der Waals surface area contributed by atoms with Gasteiger partial charge in [0.25, 0.3) is 0 Å². The Hall–Kier alpha value is -0.670. The number of hydrogen-bond acceptors (Lipinski definition) is 3. The van der Waals surface area contributed by atoms with E-state index < -0.39 is 0 Å². The van der Waals surface area contributed by atoms with E-state index in [0.29, 0.717) is 6.04 Å². The molecule has 0 aliphatic heterocycles. The van der Waals surface area contributed by atoms with Gasteiger partial charge in [-0.3, -0.25) is 0 Å². The minimum absolute atomic E-state index is 0.380. The Bertz CT molecular complexity index is 300. The van der Waals surface area contributed by atoms with Crippen LogP contribution >= 0.6 is 11.8 Å². The molecular weight excluding hydrogens is 218 g/mol. The van der Waals surface area contributed by atoms with Crippen molar-refractivity contribution >= 4 is 11.8 Å². The Morgan fingerprint density at radius 3 is 2.75 bits per heavy atom. The maximum absolute atomic E-state index is 5.80. The fraction of sp³-hybridized carbons (Fsp3) is 0.538. The Morgan fingerprint density at radius 1 is 1.38 bits per heavy atom. The van der Waals surface area contributed by atoms with Gasteiger partial charge in [-0.1, -0.05) is 25.1 Å². The van der Waals surface area contributed by atoms with Gasteiger partial charge in [-0.05, 0) is 25.8 Å². The summed E-state index contributed by atoms with van der Waals surface area (Å²) in [5.41, 5.74) is 1.26. The molecule has 0 saturated heterocycles. The third-order valence-electron chi connectivity index (χ3n) is 2.60. The summed E-state index contributed by atoms with van der Waals surface area (Å²) in [4.78, 5) is 0. The van der Waals surface area contributed by atoms with Gasteiger partial charge >= 0.3 is 0 Å². The SMILES string of the molecule is CCC(NC)c1ccccc1OCCSC. The van der Waals surface area contributed by atoms with Crippen LogP contribution in [0.5, 0.6) is 5.75 Å². The molecule has 0 amide bonds. The molecule has 0 radical (unpaired) electrons. The van der Waals surface area contributed by atoms with E-state index in [1.807, 2.05) is 13.1 Å². The van der Waals surface area contributed by atoms with Crippen LogP contribution in [0.3, 0.4) is 0 Å². The quantitative estimate of drug-likeness (QED) is 0.739. The van der Waals surface area contributed by atoms with Crippen LogP contribution in [0.25, 0.3) is 0 Å². The van der Waals surface area contributed by atoms with Gasteiger partial charge in [0.15, 0.2) is 0 Å². The zero-order valence-corrected chi connectivity index (χ0v) is 11.1. The maximum atomic E-state index is 5.80. The van der Waals surface area contributed by atoms with Crippen molar-refractivity contribution in [3.63, 3.8) is 0 Å². The van der Waals surface area contributed by atoms with Crippen molar-refractivity contribution in [1.82, 2.24) is 5.32 Å². The first-order valence-corrected chi connectivity index (χ1v) is 7.10. The third kappa shape index (κ3) is 3.72. The lowest BCUT2D eigenvalue weighted by molar-refractivity contribution is 0.335. The summed E-state index contributed by atoms with van der Waals surface area (Å²) in [6.07, 6.45) is 3.16. The number of hydrogen-bond donors (Lipinski definition) is 1. The highest BCUT2D eigenvalue weighted by Gasteiger charge is 2.11. The number of thioether (sulfide) groups is 1. The van der Waals surface area contributed by atoms with Crippen LogP contribution < -0.4 is 10.1 Å². The molecule has 0 aliphatic carbocycles. The van der Waals surface area contributed by atoms with Gasteiger partial charge in [-0.25, -0.2) is 0 Å². The summed E-state index contributed by atoms with van der Waals surface area (Å²) in [5.74, 6) is 2.04. The monoisotopic (exact) mass is 239 g/mol. The molecule has 1 rings (SSSR count).